The summed E-state index contributed by atoms with van der Waals surface area (Å²) in [4.78, 5) is 2.53. The monoisotopic (exact) mass is 339 g/mol. The van der Waals surface area contributed by atoms with Crippen LogP contribution in [0.1, 0.15) is 53.5 Å². The number of hydrogen-bond donors (Lipinski definition) is 1. The van der Waals surface area contributed by atoms with E-state index in [4.69, 9.17) is 9.15 Å². The maximum Gasteiger partial charge on any atom is 0.165 e. The molecule has 3 heterocycles. The van der Waals surface area contributed by atoms with Gasteiger partial charge in [0.15, 0.2) is 11.5 Å². The van der Waals surface area contributed by atoms with E-state index in [1.165, 1.54) is 35.5 Å². The van der Waals surface area contributed by atoms with Crippen molar-refractivity contribution in [3.8, 4) is 11.5 Å². The van der Waals surface area contributed by atoms with E-state index in [-0.39, 0.29) is 5.75 Å². The summed E-state index contributed by atoms with van der Waals surface area (Å²) in [5.41, 5.74) is 3.85. The first kappa shape index (κ1) is 15.3. The van der Waals surface area contributed by atoms with Crippen LogP contribution in [-0.2, 0) is 25.8 Å². The second-order valence-corrected chi connectivity index (χ2v) is 7.77. The van der Waals surface area contributed by atoms with Gasteiger partial charge in [-0.3, -0.25) is 4.90 Å². The summed E-state index contributed by atoms with van der Waals surface area (Å²) >= 11 is 0. The number of aryl methyl sites for hydroxylation is 1. The first-order chi connectivity index (χ1) is 12.2. The molecule has 1 aliphatic carbocycles. The van der Waals surface area contributed by atoms with Gasteiger partial charge in [0.2, 0.25) is 0 Å². The molecule has 0 saturated heterocycles. The molecular formula is C21H25NO3. The van der Waals surface area contributed by atoms with Crippen molar-refractivity contribution in [3.63, 3.8) is 0 Å². The third-order valence-corrected chi connectivity index (χ3v) is 6.09. The molecule has 0 spiro atoms. The number of nitrogens with zero attached hydrogens (tertiary/aromatic N) is 1. The third-order valence-electron chi connectivity index (χ3n) is 6.09. The molecule has 0 bridgehead atoms. The quantitative estimate of drug-likeness (QED) is 0.918. The maximum absolute atomic E-state index is 10.1. The number of fused-ring (bicyclic) bond motifs is 4. The largest absolute Gasteiger partial charge is 0.504 e. The van der Waals surface area contributed by atoms with Crippen LogP contribution in [0.5, 0.6) is 11.5 Å². The molecule has 1 saturated carbocycles. The van der Waals surface area contributed by atoms with Crippen molar-refractivity contribution in [1.29, 1.82) is 0 Å². The first-order valence-electron chi connectivity index (χ1n) is 9.46. The van der Waals surface area contributed by atoms with Crippen LogP contribution in [0.2, 0.25) is 0 Å². The van der Waals surface area contributed by atoms with Gasteiger partial charge in [0.1, 0.15) is 11.5 Å². The van der Waals surface area contributed by atoms with Crippen molar-refractivity contribution in [1.82, 2.24) is 4.90 Å². The first-order valence-corrected chi connectivity index (χ1v) is 9.46. The molecule has 0 radical (unpaired) electrons. The van der Waals surface area contributed by atoms with E-state index >= 15 is 0 Å². The van der Waals surface area contributed by atoms with Gasteiger partial charge < -0.3 is 14.3 Å². The number of hydrogen-bond acceptors (Lipinski definition) is 4. The summed E-state index contributed by atoms with van der Waals surface area (Å²) in [6, 6.07) is 6.56. The summed E-state index contributed by atoms with van der Waals surface area (Å²) in [6.07, 6.45) is 6.92. The van der Waals surface area contributed by atoms with E-state index in [2.05, 4.69) is 17.0 Å². The lowest BCUT2D eigenvalue weighted by molar-refractivity contribution is 0.164. The lowest BCUT2D eigenvalue weighted by atomic mass is 9.95. The van der Waals surface area contributed by atoms with E-state index < -0.39 is 0 Å². The Hall–Kier alpha value is -1.94. The number of rotatable bonds is 3. The van der Waals surface area contributed by atoms with Gasteiger partial charge >= 0.3 is 0 Å². The van der Waals surface area contributed by atoms with Crippen LogP contribution < -0.4 is 4.74 Å². The maximum atomic E-state index is 10.1. The Bertz CT molecular complexity index is 806. The summed E-state index contributed by atoms with van der Waals surface area (Å²) in [7, 11) is 1.65. The number of methoxy groups -OCH3 is 1. The van der Waals surface area contributed by atoms with E-state index in [0.29, 0.717) is 11.8 Å². The molecule has 25 heavy (non-hydrogen) atoms. The van der Waals surface area contributed by atoms with Crippen LogP contribution in [-0.4, -0.2) is 23.7 Å². The van der Waals surface area contributed by atoms with Gasteiger partial charge in [0.05, 0.1) is 7.11 Å². The molecule has 2 aliphatic heterocycles. The minimum atomic E-state index is 0.243. The highest BCUT2D eigenvalue weighted by Gasteiger charge is 2.34. The van der Waals surface area contributed by atoms with Crippen LogP contribution in [0.3, 0.4) is 0 Å². The highest BCUT2D eigenvalue weighted by molar-refractivity contribution is 5.51. The molecular weight excluding hydrogens is 314 g/mol. The standard InChI is InChI=1S/C21H25NO3/c1-24-21-17-12-22-9-8-20-16(11-15(25-20)10-13-2-3-13)18(22)6-4-14(17)5-7-19(21)23/h5,7,11,13,18,23H,2-4,6,8-10,12H2,1H3/t18-/m0/s1. The van der Waals surface area contributed by atoms with E-state index in [1.807, 2.05) is 0 Å². The van der Waals surface area contributed by atoms with Crippen molar-refractivity contribution in [2.75, 3.05) is 13.7 Å². The SMILES string of the molecule is COc1c(O)ccc2c1CN1CCc3oc(CC4CC4)cc3[C@@H]1CC2. The molecule has 1 aromatic carbocycles. The summed E-state index contributed by atoms with van der Waals surface area (Å²) in [6.45, 7) is 1.84. The zero-order valence-corrected chi connectivity index (χ0v) is 14.8. The van der Waals surface area contributed by atoms with Gasteiger partial charge in [-0.1, -0.05) is 6.07 Å². The lowest BCUT2D eigenvalue weighted by Crippen LogP contribution is -2.33. The van der Waals surface area contributed by atoms with Crippen molar-refractivity contribution in [2.24, 2.45) is 5.92 Å². The third kappa shape index (κ3) is 2.63. The Morgan fingerprint density at radius 1 is 1.24 bits per heavy atom. The fraction of sp³-hybridized carbons (Fsp3) is 0.524. The average molecular weight is 339 g/mol. The van der Waals surface area contributed by atoms with Gasteiger partial charge in [0.25, 0.3) is 0 Å². The van der Waals surface area contributed by atoms with Gasteiger partial charge in [-0.25, -0.2) is 0 Å². The van der Waals surface area contributed by atoms with Gasteiger partial charge in [-0.2, -0.15) is 0 Å². The summed E-state index contributed by atoms with van der Waals surface area (Å²) in [5, 5.41) is 10.1. The second kappa shape index (κ2) is 5.80. The molecule has 0 amide bonds. The van der Waals surface area contributed by atoms with Crippen LogP contribution in [0.4, 0.5) is 0 Å². The van der Waals surface area contributed by atoms with Crippen molar-refractivity contribution < 1.29 is 14.3 Å². The van der Waals surface area contributed by atoms with Crippen molar-refractivity contribution in [3.05, 3.63) is 46.4 Å². The van der Waals surface area contributed by atoms with Crippen LogP contribution in [0.25, 0.3) is 0 Å². The number of phenolic OH excluding ortho intramolecular Hbond substituents is 1. The Balaban J connectivity index is 1.47. The van der Waals surface area contributed by atoms with E-state index in [0.717, 1.165) is 50.3 Å². The second-order valence-electron chi connectivity index (χ2n) is 7.77. The molecule has 5 rings (SSSR count). The highest BCUT2D eigenvalue weighted by atomic mass is 16.5. The van der Waals surface area contributed by atoms with Gasteiger partial charge in [-0.15, -0.1) is 0 Å². The Morgan fingerprint density at radius 2 is 2.12 bits per heavy atom. The minimum Gasteiger partial charge on any atom is -0.504 e. The van der Waals surface area contributed by atoms with E-state index in [9.17, 15) is 5.11 Å². The zero-order valence-electron chi connectivity index (χ0n) is 14.8. The molecule has 3 aliphatic rings. The van der Waals surface area contributed by atoms with Gasteiger partial charge in [-0.05, 0) is 49.3 Å². The number of ether oxygens (including phenoxy) is 1. The smallest absolute Gasteiger partial charge is 0.165 e. The van der Waals surface area contributed by atoms with Crippen LogP contribution >= 0.6 is 0 Å². The summed E-state index contributed by atoms with van der Waals surface area (Å²) in [5.74, 6) is 4.14. The predicted octanol–water partition coefficient (Wildman–Crippen LogP) is 3.99. The molecule has 4 nitrogen and oxygen atoms in total. The van der Waals surface area contributed by atoms with Gasteiger partial charge in [0, 0.05) is 43.1 Å². The number of phenols is 1. The number of aromatic hydroxyl groups is 1. The summed E-state index contributed by atoms with van der Waals surface area (Å²) < 4.78 is 11.7. The van der Waals surface area contributed by atoms with Crippen molar-refractivity contribution >= 4 is 0 Å². The fourth-order valence-electron chi connectivity index (χ4n) is 4.60. The molecule has 1 N–H and O–H groups in total. The molecule has 4 heteroatoms. The average Bonchev–Trinajstić information content (AvgIpc) is 3.35. The Labute approximate surface area is 148 Å². The molecule has 0 unspecified atom stereocenters. The van der Waals surface area contributed by atoms with Crippen LogP contribution in [0.15, 0.2) is 22.6 Å². The Morgan fingerprint density at radius 3 is 2.92 bits per heavy atom. The normalized spacial score (nSPS) is 22.7. The minimum absolute atomic E-state index is 0.243. The Kier molecular flexibility index (Phi) is 3.56. The van der Waals surface area contributed by atoms with E-state index in [1.54, 1.807) is 13.2 Å². The molecule has 132 valence electrons. The predicted molar refractivity (Wildman–Crippen MR) is 95.0 cm³/mol. The molecule has 1 atom stereocenters. The molecule has 1 fully saturated rings. The fourth-order valence-corrected chi connectivity index (χ4v) is 4.60. The van der Waals surface area contributed by atoms with Crippen LogP contribution in [0, 0.1) is 5.92 Å². The topological polar surface area (TPSA) is 45.8 Å². The number of furan rings is 1. The zero-order chi connectivity index (χ0) is 17.0. The lowest BCUT2D eigenvalue weighted by Gasteiger charge is -2.33. The highest BCUT2D eigenvalue weighted by Crippen LogP contribution is 2.43. The number of benzene rings is 1. The molecule has 1 aromatic heterocycles. The van der Waals surface area contributed by atoms with Crippen molar-refractivity contribution in [2.45, 2.75) is 51.1 Å². The molecule has 2 aromatic rings.